The summed E-state index contributed by atoms with van der Waals surface area (Å²) >= 11 is 0. The third-order valence-corrected chi connectivity index (χ3v) is 6.61. The number of carbonyl (C=O) groups excluding carboxylic acids is 1. The molecule has 2 aliphatic rings. The zero-order valence-corrected chi connectivity index (χ0v) is 17.5. The van der Waals surface area contributed by atoms with E-state index in [0.29, 0.717) is 13.0 Å². The molecule has 2 fully saturated rings. The van der Waals surface area contributed by atoms with E-state index in [1.807, 2.05) is 18.2 Å². The van der Waals surface area contributed by atoms with Gasteiger partial charge in [0.1, 0.15) is 11.5 Å². The predicted octanol–water partition coefficient (Wildman–Crippen LogP) is 2.66. The summed E-state index contributed by atoms with van der Waals surface area (Å²) in [5.41, 5.74) is 0.795. The number of piperidine rings is 2. The first kappa shape index (κ1) is 20.0. The molecule has 0 aromatic heterocycles. The van der Waals surface area contributed by atoms with E-state index >= 15 is 0 Å². The number of hydrogen-bond donors (Lipinski definition) is 1. The number of aliphatic hydroxyl groups is 1. The van der Waals surface area contributed by atoms with Crippen LogP contribution in [0, 0.1) is 5.41 Å². The minimum atomic E-state index is -0.418. The van der Waals surface area contributed by atoms with Crippen LogP contribution in [0.1, 0.15) is 24.8 Å². The fraction of sp³-hybridized carbons (Fsp3) is 0.522. The van der Waals surface area contributed by atoms with E-state index < -0.39 is 11.5 Å². The number of amides is 1. The zero-order chi connectivity index (χ0) is 20.6. The maximum atomic E-state index is 12.8. The molecule has 1 atom stereocenters. The van der Waals surface area contributed by atoms with E-state index in [1.54, 1.807) is 26.2 Å². The van der Waals surface area contributed by atoms with Gasteiger partial charge in [-0.15, -0.1) is 0 Å². The van der Waals surface area contributed by atoms with Crippen molar-refractivity contribution in [3.63, 3.8) is 0 Å². The minimum Gasteiger partial charge on any atom is -0.496 e. The van der Waals surface area contributed by atoms with Crippen LogP contribution in [-0.2, 0) is 11.3 Å². The number of carbonyl (C=O) groups is 1. The second-order valence-electron chi connectivity index (χ2n) is 8.41. The molecule has 6 heteroatoms. The van der Waals surface area contributed by atoms with E-state index in [1.165, 1.54) is 5.56 Å². The number of rotatable bonds is 4. The van der Waals surface area contributed by atoms with Gasteiger partial charge in [0.2, 0.25) is 5.91 Å². The van der Waals surface area contributed by atoms with Gasteiger partial charge in [-0.1, -0.05) is 18.2 Å². The number of fused-ring (bicyclic) bond motifs is 1. The number of methoxy groups -OCH3 is 2. The van der Waals surface area contributed by atoms with Crippen LogP contribution in [0.2, 0.25) is 0 Å². The van der Waals surface area contributed by atoms with Gasteiger partial charge in [-0.05, 0) is 50.0 Å². The highest BCUT2D eigenvalue weighted by atomic mass is 16.5. The Hall–Kier alpha value is -2.31. The number of aliphatic hydroxyl groups excluding tert-OH is 1. The van der Waals surface area contributed by atoms with E-state index in [9.17, 15) is 9.90 Å². The average Bonchev–Trinajstić information content (AvgIpc) is 2.73. The minimum absolute atomic E-state index is 0.194. The number of nitrogens with zero attached hydrogens (tertiary/aromatic N) is 2. The van der Waals surface area contributed by atoms with Crippen LogP contribution in [0.3, 0.4) is 0 Å². The van der Waals surface area contributed by atoms with Crippen molar-refractivity contribution in [3.8, 4) is 11.5 Å². The Bertz CT molecular complexity index is 905. The molecule has 4 rings (SSSR count). The molecule has 1 N–H and O–H groups in total. The Morgan fingerprint density at radius 1 is 1.10 bits per heavy atom. The molecule has 6 nitrogen and oxygen atoms in total. The Labute approximate surface area is 172 Å². The molecule has 0 aliphatic carbocycles. The van der Waals surface area contributed by atoms with E-state index in [2.05, 4.69) is 17.0 Å². The summed E-state index contributed by atoms with van der Waals surface area (Å²) in [6.45, 7) is 2.93. The lowest BCUT2D eigenvalue weighted by Crippen LogP contribution is -2.56. The highest BCUT2D eigenvalue weighted by molar-refractivity contribution is 5.95. The molecule has 2 heterocycles. The molecule has 1 unspecified atom stereocenters. The van der Waals surface area contributed by atoms with Crippen molar-refractivity contribution in [2.75, 3.05) is 40.9 Å². The number of likely N-dealkylation sites (tertiary alicyclic amines) is 2. The van der Waals surface area contributed by atoms with Crippen molar-refractivity contribution in [1.29, 1.82) is 0 Å². The lowest BCUT2D eigenvalue weighted by Gasteiger charge is -2.47. The van der Waals surface area contributed by atoms with Gasteiger partial charge in [0.05, 0.1) is 25.7 Å². The van der Waals surface area contributed by atoms with Crippen molar-refractivity contribution in [2.45, 2.75) is 31.9 Å². The lowest BCUT2D eigenvalue weighted by molar-refractivity contribution is -0.154. The first-order chi connectivity index (χ1) is 14.0. The Morgan fingerprint density at radius 3 is 2.52 bits per heavy atom. The second kappa shape index (κ2) is 7.84. The number of β-amino-alcohol motifs (C(OH)–C–C–N with tert-alkyl or cyclic N) is 1. The molecule has 0 bridgehead atoms. The van der Waals surface area contributed by atoms with Crippen LogP contribution in [0.25, 0.3) is 10.8 Å². The van der Waals surface area contributed by atoms with E-state index in [0.717, 1.165) is 54.7 Å². The first-order valence-electron chi connectivity index (χ1n) is 10.3. The molecule has 29 heavy (non-hydrogen) atoms. The van der Waals surface area contributed by atoms with Crippen LogP contribution in [-0.4, -0.2) is 67.8 Å². The smallest absolute Gasteiger partial charge is 0.228 e. The van der Waals surface area contributed by atoms with Gasteiger partial charge in [-0.3, -0.25) is 9.69 Å². The molecule has 2 aromatic rings. The molecule has 0 saturated carbocycles. The first-order valence-corrected chi connectivity index (χ1v) is 10.3. The number of likely N-dealkylation sites (N-methyl/N-ethyl adjacent to an activating group) is 1. The summed E-state index contributed by atoms with van der Waals surface area (Å²) < 4.78 is 11.2. The Balaban J connectivity index is 1.56. The molecule has 1 amide bonds. The van der Waals surface area contributed by atoms with Gasteiger partial charge in [0.15, 0.2) is 0 Å². The van der Waals surface area contributed by atoms with Gasteiger partial charge in [0.25, 0.3) is 0 Å². The lowest BCUT2D eigenvalue weighted by atomic mass is 9.71. The van der Waals surface area contributed by atoms with Crippen molar-refractivity contribution < 1.29 is 19.4 Å². The fourth-order valence-corrected chi connectivity index (χ4v) is 5.10. The van der Waals surface area contributed by atoms with Crippen LogP contribution in [0.15, 0.2) is 30.3 Å². The fourth-order valence-electron chi connectivity index (χ4n) is 5.10. The highest BCUT2D eigenvalue weighted by Crippen LogP contribution is 2.42. The predicted molar refractivity (Wildman–Crippen MR) is 112 cm³/mol. The standard InChI is InChI=1S/C23H30N2O4/c1-24-15-17(26)13-23(22(24)27)9-11-25(12-10-23)14-16-7-8-19(28-2)18-5-4-6-20(29-3)21(16)18/h4-8,17,26H,9-15H2,1-3H3. The molecule has 0 radical (unpaired) electrons. The van der Waals surface area contributed by atoms with Gasteiger partial charge >= 0.3 is 0 Å². The van der Waals surface area contributed by atoms with Gasteiger partial charge in [-0.25, -0.2) is 0 Å². The highest BCUT2D eigenvalue weighted by Gasteiger charge is 2.47. The Kier molecular flexibility index (Phi) is 5.40. The summed E-state index contributed by atoms with van der Waals surface area (Å²) in [5, 5.41) is 12.3. The summed E-state index contributed by atoms with van der Waals surface area (Å²) in [6, 6.07) is 10.1. The maximum absolute atomic E-state index is 12.8. The monoisotopic (exact) mass is 398 g/mol. The largest absolute Gasteiger partial charge is 0.496 e. The summed E-state index contributed by atoms with van der Waals surface area (Å²) in [6.07, 6.45) is 1.75. The number of ether oxygens (including phenoxy) is 2. The molecular formula is C23H30N2O4. The number of benzene rings is 2. The topological polar surface area (TPSA) is 62.2 Å². The van der Waals surface area contributed by atoms with Crippen molar-refractivity contribution >= 4 is 16.7 Å². The maximum Gasteiger partial charge on any atom is 0.228 e. The molecule has 2 saturated heterocycles. The van der Waals surface area contributed by atoms with Crippen LogP contribution < -0.4 is 9.47 Å². The quantitative estimate of drug-likeness (QED) is 0.858. The third kappa shape index (κ3) is 3.55. The molecule has 1 spiro atoms. The third-order valence-electron chi connectivity index (χ3n) is 6.61. The van der Waals surface area contributed by atoms with Crippen molar-refractivity contribution in [2.24, 2.45) is 5.41 Å². The second-order valence-corrected chi connectivity index (χ2v) is 8.41. The Morgan fingerprint density at radius 2 is 1.83 bits per heavy atom. The summed E-state index contributed by atoms with van der Waals surface area (Å²) in [5.74, 6) is 1.88. The van der Waals surface area contributed by atoms with Crippen LogP contribution in [0.5, 0.6) is 11.5 Å². The van der Waals surface area contributed by atoms with Gasteiger partial charge in [0, 0.05) is 30.9 Å². The number of hydrogen-bond acceptors (Lipinski definition) is 5. The normalized spacial score (nSPS) is 22.3. The van der Waals surface area contributed by atoms with Crippen molar-refractivity contribution in [3.05, 3.63) is 35.9 Å². The van der Waals surface area contributed by atoms with Crippen LogP contribution >= 0.6 is 0 Å². The zero-order valence-electron chi connectivity index (χ0n) is 17.5. The van der Waals surface area contributed by atoms with E-state index in [-0.39, 0.29) is 5.91 Å². The summed E-state index contributed by atoms with van der Waals surface area (Å²) in [4.78, 5) is 16.9. The summed E-state index contributed by atoms with van der Waals surface area (Å²) in [7, 11) is 5.18. The van der Waals surface area contributed by atoms with E-state index in [4.69, 9.17) is 9.47 Å². The SMILES string of the molecule is COc1ccc(CN2CCC3(CC2)CC(O)CN(C)C3=O)c2c(OC)cccc12. The average molecular weight is 399 g/mol. The van der Waals surface area contributed by atoms with Crippen LogP contribution in [0.4, 0.5) is 0 Å². The molecular weight excluding hydrogens is 368 g/mol. The van der Waals surface area contributed by atoms with Gasteiger partial charge < -0.3 is 19.5 Å². The molecule has 156 valence electrons. The van der Waals surface area contributed by atoms with Gasteiger partial charge in [-0.2, -0.15) is 0 Å². The van der Waals surface area contributed by atoms with Crippen molar-refractivity contribution in [1.82, 2.24) is 9.80 Å². The molecule has 2 aromatic carbocycles. The molecule has 2 aliphatic heterocycles.